The van der Waals surface area contributed by atoms with Crippen LogP contribution in [-0.4, -0.2) is 28.6 Å². The first-order valence-electron chi connectivity index (χ1n) is 5.34. The van der Waals surface area contributed by atoms with Gasteiger partial charge < -0.3 is 9.47 Å². The largest absolute Gasteiger partial charge is 0.482 e. The lowest BCUT2D eigenvalue weighted by Gasteiger charge is -2.04. The highest BCUT2D eigenvalue weighted by atomic mass is 32.1. The molecule has 0 saturated carbocycles. The molecule has 0 aliphatic carbocycles. The molecule has 0 radical (unpaired) electrons. The van der Waals surface area contributed by atoms with Crippen molar-refractivity contribution in [2.24, 2.45) is 0 Å². The summed E-state index contributed by atoms with van der Waals surface area (Å²) in [6.45, 7) is 0. The normalized spacial score (nSPS) is 10.8. The second kappa shape index (κ2) is 4.30. The van der Waals surface area contributed by atoms with Crippen LogP contribution in [-0.2, 0) is 0 Å². The molecule has 0 unspecified atom stereocenters. The van der Waals surface area contributed by atoms with E-state index in [-0.39, 0.29) is 0 Å². The summed E-state index contributed by atoms with van der Waals surface area (Å²) in [6, 6.07) is 5.75. The van der Waals surface area contributed by atoms with Gasteiger partial charge in [0.05, 0.1) is 25.2 Å². The Labute approximate surface area is 108 Å². The van der Waals surface area contributed by atoms with Gasteiger partial charge >= 0.3 is 0 Å². The molecule has 92 valence electrons. The average molecular weight is 261 g/mol. The lowest BCUT2D eigenvalue weighted by Crippen LogP contribution is -1.97. The smallest absolute Gasteiger partial charge is 0.240 e. The number of fused-ring (bicyclic) bond motifs is 1. The summed E-state index contributed by atoms with van der Waals surface area (Å²) in [7, 11) is 3.18. The number of thiophene rings is 1. The molecular weight excluding hydrogens is 250 g/mol. The van der Waals surface area contributed by atoms with Gasteiger partial charge in [0.15, 0.2) is 0 Å². The molecule has 3 aromatic heterocycles. The van der Waals surface area contributed by atoms with Crippen molar-refractivity contribution in [2.45, 2.75) is 0 Å². The highest BCUT2D eigenvalue weighted by molar-refractivity contribution is 7.13. The lowest BCUT2D eigenvalue weighted by molar-refractivity contribution is 0.369. The van der Waals surface area contributed by atoms with Gasteiger partial charge in [0.25, 0.3) is 0 Å². The molecular formula is C12H11N3O2S. The maximum atomic E-state index is 5.31. The van der Waals surface area contributed by atoms with Crippen LogP contribution in [0.3, 0.4) is 0 Å². The molecule has 0 aromatic carbocycles. The van der Waals surface area contributed by atoms with Crippen molar-refractivity contribution in [3.8, 4) is 22.3 Å². The number of ether oxygens (including phenoxy) is 2. The number of rotatable bonds is 3. The fourth-order valence-corrected chi connectivity index (χ4v) is 2.40. The maximum absolute atomic E-state index is 5.31. The quantitative estimate of drug-likeness (QED) is 0.726. The number of imidazole rings is 1. The zero-order valence-electron chi connectivity index (χ0n) is 9.95. The van der Waals surface area contributed by atoms with Gasteiger partial charge in [0, 0.05) is 6.20 Å². The molecule has 0 aliphatic rings. The minimum atomic E-state index is 0.489. The van der Waals surface area contributed by atoms with E-state index < -0.39 is 0 Å². The van der Waals surface area contributed by atoms with Crippen LogP contribution >= 0.6 is 11.3 Å². The molecule has 0 aliphatic heterocycles. The van der Waals surface area contributed by atoms with Gasteiger partial charge in [-0.05, 0) is 11.4 Å². The molecule has 6 heteroatoms. The predicted octanol–water partition coefficient (Wildman–Crippen LogP) is 2.48. The number of hydrogen-bond acceptors (Lipinski definition) is 5. The second-order valence-corrected chi connectivity index (χ2v) is 4.56. The van der Waals surface area contributed by atoms with Gasteiger partial charge in [-0.3, -0.25) is 4.40 Å². The van der Waals surface area contributed by atoms with E-state index in [9.17, 15) is 0 Å². The molecule has 0 atom stereocenters. The fraction of sp³-hybridized carbons (Fsp3) is 0.167. The van der Waals surface area contributed by atoms with Gasteiger partial charge in [-0.15, -0.1) is 11.3 Å². The molecule has 0 fully saturated rings. The summed E-state index contributed by atoms with van der Waals surface area (Å²) in [5.41, 5.74) is 0.879. The van der Waals surface area contributed by atoms with Crippen molar-refractivity contribution in [3.63, 3.8) is 0 Å². The van der Waals surface area contributed by atoms with E-state index >= 15 is 0 Å². The van der Waals surface area contributed by atoms with Crippen molar-refractivity contribution in [3.05, 3.63) is 29.8 Å². The highest BCUT2D eigenvalue weighted by Crippen LogP contribution is 2.27. The Hall–Kier alpha value is -2.08. The van der Waals surface area contributed by atoms with E-state index in [1.54, 1.807) is 36.0 Å². The van der Waals surface area contributed by atoms with Gasteiger partial charge in [-0.25, -0.2) is 4.98 Å². The Morgan fingerprint density at radius 2 is 2.11 bits per heavy atom. The summed E-state index contributed by atoms with van der Waals surface area (Å²) in [5, 5.41) is 2.02. The summed E-state index contributed by atoms with van der Waals surface area (Å²) < 4.78 is 12.2. The number of hydrogen-bond donors (Lipinski definition) is 0. The fourth-order valence-electron chi connectivity index (χ4n) is 1.72. The zero-order chi connectivity index (χ0) is 12.5. The van der Waals surface area contributed by atoms with Gasteiger partial charge in [0.2, 0.25) is 17.5 Å². The minimum absolute atomic E-state index is 0.489. The van der Waals surface area contributed by atoms with Crippen LogP contribution in [0.4, 0.5) is 0 Å². The van der Waals surface area contributed by atoms with Crippen LogP contribution in [0.5, 0.6) is 11.8 Å². The zero-order valence-corrected chi connectivity index (χ0v) is 10.8. The monoisotopic (exact) mass is 261 g/mol. The molecule has 0 spiro atoms. The third-order valence-corrected chi connectivity index (χ3v) is 3.47. The summed E-state index contributed by atoms with van der Waals surface area (Å²) in [6.07, 6.45) is 1.91. The SMILES string of the molecule is COc1cc(OC)n2cc(-c3cccs3)nc2n1. The molecule has 18 heavy (non-hydrogen) atoms. The molecule has 0 N–H and O–H groups in total. The standard InChI is InChI=1S/C12H11N3O2S/c1-16-10-6-11(17-2)15-7-8(13-12(15)14-10)9-4-3-5-18-9/h3-7H,1-2H3. The van der Waals surface area contributed by atoms with E-state index in [2.05, 4.69) is 9.97 Å². The summed E-state index contributed by atoms with van der Waals surface area (Å²) in [4.78, 5) is 9.86. The Balaban J connectivity index is 2.22. The topological polar surface area (TPSA) is 48.7 Å². The van der Waals surface area contributed by atoms with E-state index in [0.29, 0.717) is 17.5 Å². The third-order valence-electron chi connectivity index (χ3n) is 2.57. The molecule has 0 bridgehead atoms. The van der Waals surface area contributed by atoms with E-state index in [4.69, 9.17) is 9.47 Å². The Kier molecular flexibility index (Phi) is 2.64. The maximum Gasteiger partial charge on any atom is 0.240 e. The molecule has 0 amide bonds. The van der Waals surface area contributed by atoms with Gasteiger partial charge in [-0.1, -0.05) is 6.07 Å². The highest BCUT2D eigenvalue weighted by Gasteiger charge is 2.11. The molecule has 3 heterocycles. The minimum Gasteiger partial charge on any atom is -0.482 e. The Morgan fingerprint density at radius 1 is 1.22 bits per heavy atom. The van der Waals surface area contributed by atoms with Crippen LogP contribution in [0, 0.1) is 0 Å². The molecule has 3 aromatic rings. The van der Waals surface area contributed by atoms with Crippen LogP contribution in [0.25, 0.3) is 16.3 Å². The van der Waals surface area contributed by atoms with Gasteiger partial charge in [0.1, 0.15) is 5.69 Å². The van der Waals surface area contributed by atoms with Crippen molar-refractivity contribution >= 4 is 17.1 Å². The average Bonchev–Trinajstić information content (AvgIpc) is 3.05. The molecule has 5 nitrogen and oxygen atoms in total. The lowest BCUT2D eigenvalue weighted by atomic mass is 10.4. The second-order valence-electron chi connectivity index (χ2n) is 3.61. The van der Waals surface area contributed by atoms with Crippen molar-refractivity contribution in [1.29, 1.82) is 0 Å². The van der Waals surface area contributed by atoms with Crippen LogP contribution < -0.4 is 9.47 Å². The number of aromatic nitrogens is 3. The third kappa shape index (κ3) is 1.70. The summed E-state index contributed by atoms with van der Waals surface area (Å²) >= 11 is 1.64. The van der Waals surface area contributed by atoms with Crippen molar-refractivity contribution < 1.29 is 9.47 Å². The first-order chi connectivity index (χ1) is 8.81. The van der Waals surface area contributed by atoms with E-state index in [0.717, 1.165) is 10.6 Å². The van der Waals surface area contributed by atoms with Crippen LogP contribution in [0.1, 0.15) is 0 Å². The first-order valence-corrected chi connectivity index (χ1v) is 6.22. The molecule has 3 rings (SSSR count). The van der Waals surface area contributed by atoms with Crippen molar-refractivity contribution in [2.75, 3.05) is 14.2 Å². The number of nitrogens with zero attached hydrogens (tertiary/aromatic N) is 3. The Bertz CT molecular complexity index is 676. The van der Waals surface area contributed by atoms with E-state index in [1.807, 2.05) is 23.7 Å². The van der Waals surface area contributed by atoms with Crippen LogP contribution in [0.15, 0.2) is 29.8 Å². The first kappa shape index (κ1) is 11.0. The van der Waals surface area contributed by atoms with Crippen LogP contribution in [0.2, 0.25) is 0 Å². The number of methoxy groups -OCH3 is 2. The summed E-state index contributed by atoms with van der Waals surface area (Å²) in [5.74, 6) is 1.70. The molecule has 0 saturated heterocycles. The van der Waals surface area contributed by atoms with Gasteiger partial charge in [-0.2, -0.15) is 4.98 Å². The van der Waals surface area contributed by atoms with E-state index in [1.165, 1.54) is 0 Å². The van der Waals surface area contributed by atoms with Crippen molar-refractivity contribution in [1.82, 2.24) is 14.4 Å². The predicted molar refractivity (Wildman–Crippen MR) is 69.4 cm³/mol. The Morgan fingerprint density at radius 3 is 2.78 bits per heavy atom.